The molecule has 0 aromatic heterocycles. The molecular weight excluding hydrogens is 280 g/mol. The van der Waals surface area contributed by atoms with Crippen LogP contribution in [0.5, 0.6) is 0 Å². The molecule has 0 spiro atoms. The average molecular weight is 296 g/mol. The zero-order valence-corrected chi connectivity index (χ0v) is 12.1. The number of likely N-dealkylation sites (tertiary alicyclic amines) is 1. The van der Waals surface area contributed by atoms with E-state index >= 15 is 0 Å². The molecule has 0 aliphatic carbocycles. The Bertz CT molecular complexity index is 559. The lowest BCUT2D eigenvalue weighted by molar-refractivity contribution is -0.385. The highest BCUT2D eigenvalue weighted by molar-refractivity contribution is 7.98. The highest BCUT2D eigenvalue weighted by atomic mass is 32.2. The van der Waals surface area contributed by atoms with Gasteiger partial charge in [-0.25, -0.2) is 0 Å². The first kappa shape index (κ1) is 14.8. The van der Waals surface area contributed by atoms with Crippen LogP contribution < -0.4 is 0 Å². The summed E-state index contributed by atoms with van der Waals surface area (Å²) >= 11 is 1.42. The van der Waals surface area contributed by atoms with Crippen LogP contribution in [0.15, 0.2) is 23.1 Å². The van der Waals surface area contributed by atoms with Crippen molar-refractivity contribution in [1.82, 2.24) is 4.90 Å². The Morgan fingerprint density at radius 3 is 2.75 bits per heavy atom. The number of hydrogen-bond donors (Lipinski definition) is 1. The zero-order valence-electron chi connectivity index (χ0n) is 11.3. The normalized spacial score (nSPS) is 22.1. The first-order chi connectivity index (χ1) is 9.34. The smallest absolute Gasteiger partial charge is 0.282 e. The summed E-state index contributed by atoms with van der Waals surface area (Å²) in [6, 6.07) is 4.52. The molecule has 1 aromatic carbocycles. The number of nitro groups is 1. The fourth-order valence-electron chi connectivity index (χ4n) is 2.26. The van der Waals surface area contributed by atoms with Crippen molar-refractivity contribution in [3.8, 4) is 0 Å². The summed E-state index contributed by atoms with van der Waals surface area (Å²) in [7, 11) is 0. The third kappa shape index (κ3) is 2.94. The van der Waals surface area contributed by atoms with Crippen molar-refractivity contribution in [2.45, 2.75) is 23.8 Å². The van der Waals surface area contributed by atoms with Gasteiger partial charge in [0.1, 0.15) is 5.56 Å². The zero-order chi connectivity index (χ0) is 14.9. The number of hydrogen-bond acceptors (Lipinski definition) is 5. The van der Waals surface area contributed by atoms with Crippen LogP contribution >= 0.6 is 11.8 Å². The monoisotopic (exact) mass is 296 g/mol. The van der Waals surface area contributed by atoms with Gasteiger partial charge in [0.15, 0.2) is 0 Å². The Balaban J connectivity index is 2.35. The standard InChI is InChI=1S/C13H16N2O4S/c1-13(17)5-6-14(8-13)12(16)10-7-9(20-2)3-4-11(10)15(18)19/h3-4,7,17H,5-6,8H2,1-2H3. The molecular formula is C13H16N2O4S. The molecule has 1 aliphatic rings. The summed E-state index contributed by atoms with van der Waals surface area (Å²) in [5.41, 5.74) is -1.03. The number of nitrogens with zero attached hydrogens (tertiary/aromatic N) is 2. The van der Waals surface area contributed by atoms with Crippen LogP contribution in [0.2, 0.25) is 0 Å². The van der Waals surface area contributed by atoms with E-state index in [0.717, 1.165) is 4.90 Å². The van der Waals surface area contributed by atoms with Crippen molar-refractivity contribution in [3.05, 3.63) is 33.9 Å². The second-order valence-corrected chi connectivity index (χ2v) is 5.99. The van der Waals surface area contributed by atoms with Gasteiger partial charge in [0.2, 0.25) is 0 Å². The van der Waals surface area contributed by atoms with E-state index in [0.29, 0.717) is 13.0 Å². The number of benzene rings is 1. The number of carbonyl (C=O) groups is 1. The molecule has 7 heteroatoms. The third-order valence-corrected chi connectivity index (χ3v) is 4.10. The summed E-state index contributed by atoms with van der Waals surface area (Å²) < 4.78 is 0. The summed E-state index contributed by atoms with van der Waals surface area (Å²) in [5.74, 6) is -0.398. The van der Waals surface area contributed by atoms with E-state index in [1.54, 1.807) is 13.0 Å². The van der Waals surface area contributed by atoms with Gasteiger partial charge in [-0.05, 0) is 31.7 Å². The van der Waals surface area contributed by atoms with Gasteiger partial charge in [-0.2, -0.15) is 0 Å². The Hall–Kier alpha value is -1.60. The number of amides is 1. The maximum Gasteiger partial charge on any atom is 0.282 e. The minimum atomic E-state index is -0.915. The molecule has 1 N–H and O–H groups in total. The number of carbonyl (C=O) groups excluding carboxylic acids is 1. The summed E-state index contributed by atoms with van der Waals surface area (Å²) in [5, 5.41) is 21.0. The van der Waals surface area contributed by atoms with Crippen LogP contribution in [0.3, 0.4) is 0 Å². The van der Waals surface area contributed by atoms with Gasteiger partial charge in [-0.15, -0.1) is 11.8 Å². The third-order valence-electron chi connectivity index (χ3n) is 3.37. The molecule has 1 saturated heterocycles. The molecule has 2 rings (SSSR count). The van der Waals surface area contributed by atoms with Gasteiger partial charge in [0.05, 0.1) is 10.5 Å². The number of nitro benzene ring substituents is 1. The van der Waals surface area contributed by atoms with Crippen molar-refractivity contribution in [1.29, 1.82) is 0 Å². The van der Waals surface area contributed by atoms with Gasteiger partial charge in [-0.3, -0.25) is 14.9 Å². The largest absolute Gasteiger partial charge is 0.388 e. The number of aliphatic hydroxyl groups is 1. The maximum absolute atomic E-state index is 12.4. The Labute approximate surface area is 120 Å². The number of β-amino-alcohol motifs (C(OH)–C–C–N with tert-alkyl or cyclic N) is 1. The predicted molar refractivity (Wildman–Crippen MR) is 76.0 cm³/mol. The molecule has 1 fully saturated rings. The molecule has 0 bridgehead atoms. The predicted octanol–water partition coefficient (Wildman–Crippen LogP) is 1.91. The van der Waals surface area contributed by atoms with Crippen LogP contribution in [0, 0.1) is 10.1 Å². The summed E-state index contributed by atoms with van der Waals surface area (Å²) in [6.45, 7) is 2.27. The van der Waals surface area contributed by atoms with Gasteiger partial charge >= 0.3 is 0 Å². The van der Waals surface area contributed by atoms with Crippen LogP contribution in [0.4, 0.5) is 5.69 Å². The number of rotatable bonds is 3. The fraction of sp³-hybridized carbons (Fsp3) is 0.462. The van der Waals surface area contributed by atoms with Crippen molar-refractivity contribution >= 4 is 23.4 Å². The molecule has 6 nitrogen and oxygen atoms in total. The molecule has 1 unspecified atom stereocenters. The second kappa shape index (κ2) is 5.41. The molecule has 1 atom stereocenters. The van der Waals surface area contributed by atoms with Crippen LogP contribution in [0.25, 0.3) is 0 Å². The van der Waals surface area contributed by atoms with Crippen molar-refractivity contribution in [3.63, 3.8) is 0 Å². The van der Waals surface area contributed by atoms with E-state index in [2.05, 4.69) is 0 Å². The van der Waals surface area contributed by atoms with E-state index in [9.17, 15) is 20.0 Å². The first-order valence-corrected chi connectivity index (χ1v) is 7.40. The van der Waals surface area contributed by atoms with E-state index in [1.807, 2.05) is 6.26 Å². The topological polar surface area (TPSA) is 83.7 Å². The van der Waals surface area contributed by atoms with E-state index < -0.39 is 16.4 Å². The van der Waals surface area contributed by atoms with Gasteiger partial charge in [0.25, 0.3) is 11.6 Å². The lowest BCUT2D eigenvalue weighted by Crippen LogP contribution is -2.34. The van der Waals surface area contributed by atoms with Crippen molar-refractivity contribution in [2.24, 2.45) is 0 Å². The lowest BCUT2D eigenvalue weighted by atomic mass is 10.1. The van der Waals surface area contributed by atoms with Crippen LogP contribution in [-0.4, -0.2) is 45.8 Å². The van der Waals surface area contributed by atoms with Crippen molar-refractivity contribution < 1.29 is 14.8 Å². The average Bonchev–Trinajstić information content (AvgIpc) is 2.77. The molecule has 20 heavy (non-hydrogen) atoms. The SMILES string of the molecule is CSc1ccc([N+](=O)[O-])c(C(=O)N2CCC(C)(O)C2)c1. The molecule has 1 heterocycles. The molecule has 1 aromatic rings. The molecule has 1 aliphatic heterocycles. The van der Waals surface area contributed by atoms with Gasteiger partial charge in [0, 0.05) is 24.1 Å². The minimum absolute atomic E-state index is 0.0829. The Kier molecular flexibility index (Phi) is 4.01. The molecule has 108 valence electrons. The molecule has 0 saturated carbocycles. The Morgan fingerprint density at radius 1 is 1.55 bits per heavy atom. The summed E-state index contributed by atoms with van der Waals surface area (Å²) in [4.78, 5) is 25.2. The van der Waals surface area contributed by atoms with Gasteiger partial charge < -0.3 is 10.0 Å². The van der Waals surface area contributed by atoms with Crippen LogP contribution in [-0.2, 0) is 0 Å². The van der Waals surface area contributed by atoms with Crippen molar-refractivity contribution in [2.75, 3.05) is 19.3 Å². The highest BCUT2D eigenvalue weighted by Gasteiger charge is 2.36. The second-order valence-electron chi connectivity index (χ2n) is 5.11. The van der Waals surface area contributed by atoms with Crippen LogP contribution in [0.1, 0.15) is 23.7 Å². The first-order valence-electron chi connectivity index (χ1n) is 6.18. The fourth-order valence-corrected chi connectivity index (χ4v) is 2.70. The molecule has 0 radical (unpaired) electrons. The lowest BCUT2D eigenvalue weighted by Gasteiger charge is -2.19. The maximum atomic E-state index is 12.4. The quantitative estimate of drug-likeness (QED) is 0.523. The summed E-state index contributed by atoms with van der Waals surface area (Å²) in [6.07, 6.45) is 2.32. The molecule has 1 amide bonds. The van der Waals surface area contributed by atoms with E-state index in [-0.39, 0.29) is 17.8 Å². The highest BCUT2D eigenvalue weighted by Crippen LogP contribution is 2.28. The van der Waals surface area contributed by atoms with E-state index in [1.165, 1.54) is 28.8 Å². The minimum Gasteiger partial charge on any atom is -0.388 e. The number of thioether (sulfide) groups is 1. The van der Waals surface area contributed by atoms with E-state index in [4.69, 9.17) is 0 Å². The Morgan fingerprint density at radius 2 is 2.25 bits per heavy atom. The van der Waals surface area contributed by atoms with Gasteiger partial charge in [-0.1, -0.05) is 0 Å².